The van der Waals surface area contributed by atoms with Crippen LogP contribution in [-0.2, 0) is 0 Å². The van der Waals surface area contributed by atoms with E-state index in [2.05, 4.69) is 12.2 Å². The number of nitrogens with one attached hydrogen (secondary N) is 1. The smallest absolute Gasteiger partial charge is 0.123 e. The lowest BCUT2D eigenvalue weighted by molar-refractivity contribution is 0.395. The number of hydrogen-bond acceptors (Lipinski definition) is 1. The van der Waals surface area contributed by atoms with E-state index in [0.717, 1.165) is 17.7 Å². The molecule has 0 unspecified atom stereocenters. The molecule has 86 valence electrons. The quantitative estimate of drug-likeness (QED) is 0.694. The fourth-order valence-corrected chi connectivity index (χ4v) is 3.47. The fraction of sp³-hybridized carbons (Fsp3) is 0.571. The Morgan fingerprint density at radius 3 is 2.81 bits per heavy atom. The Morgan fingerprint density at radius 1 is 1.31 bits per heavy atom. The average Bonchev–Trinajstić information content (AvgIpc) is 2.68. The maximum absolute atomic E-state index is 13.2. The molecule has 0 radical (unpaired) electrons. The summed E-state index contributed by atoms with van der Waals surface area (Å²) in [6.45, 7) is 2.22. The van der Waals surface area contributed by atoms with Gasteiger partial charge in [0.05, 0.1) is 0 Å². The highest BCUT2D eigenvalue weighted by Crippen LogP contribution is 2.46. The van der Waals surface area contributed by atoms with E-state index in [1.807, 2.05) is 6.07 Å². The maximum Gasteiger partial charge on any atom is 0.123 e. The summed E-state index contributed by atoms with van der Waals surface area (Å²) >= 11 is 0. The zero-order chi connectivity index (χ0) is 11.2. The second kappa shape index (κ2) is 3.47. The molecule has 1 aliphatic carbocycles. The van der Waals surface area contributed by atoms with Gasteiger partial charge in [-0.3, -0.25) is 0 Å². The molecule has 2 heteroatoms. The van der Waals surface area contributed by atoms with Crippen LogP contribution in [0.3, 0.4) is 0 Å². The molecule has 1 N–H and O–H groups in total. The second-order valence-electron chi connectivity index (χ2n) is 5.45. The van der Waals surface area contributed by atoms with Crippen LogP contribution in [0.1, 0.15) is 50.5 Å². The molecule has 1 aliphatic heterocycles. The Hall–Kier alpha value is -1.05. The minimum atomic E-state index is -0.116. The van der Waals surface area contributed by atoms with Crippen LogP contribution < -0.4 is 5.32 Å². The van der Waals surface area contributed by atoms with Crippen molar-refractivity contribution < 1.29 is 4.39 Å². The molecule has 0 bridgehead atoms. The molecule has 0 saturated heterocycles. The van der Waals surface area contributed by atoms with Gasteiger partial charge in [0.25, 0.3) is 0 Å². The van der Waals surface area contributed by atoms with Crippen LogP contribution in [0.5, 0.6) is 0 Å². The Bertz CT molecular complexity index is 407. The van der Waals surface area contributed by atoms with Gasteiger partial charge in [-0.05, 0) is 48.9 Å². The third-order valence-electron chi connectivity index (χ3n) is 4.20. The predicted molar refractivity (Wildman–Crippen MR) is 64.3 cm³/mol. The summed E-state index contributed by atoms with van der Waals surface area (Å²) in [5.74, 6) is 0.361. The molecular formula is C14H18FN. The van der Waals surface area contributed by atoms with Crippen molar-refractivity contribution in [3.63, 3.8) is 0 Å². The lowest BCUT2D eigenvalue weighted by Gasteiger charge is -2.40. The lowest BCUT2D eigenvalue weighted by atomic mass is 9.79. The Morgan fingerprint density at radius 2 is 2.06 bits per heavy atom. The minimum absolute atomic E-state index is 0.116. The summed E-state index contributed by atoms with van der Waals surface area (Å²) in [4.78, 5) is 0. The summed E-state index contributed by atoms with van der Waals surface area (Å²) in [6.07, 6.45) is 6.36. The molecular weight excluding hydrogens is 201 g/mol. The standard InChI is InChI=1S/C14H18FN/c1-10-9-14(6-2-3-7-14)16-13-5-4-11(15)8-12(10)13/h4-5,8,10,16H,2-3,6-7,9H2,1H3/t10-/m0/s1. The van der Waals surface area contributed by atoms with Crippen molar-refractivity contribution in [2.75, 3.05) is 5.32 Å². The van der Waals surface area contributed by atoms with Gasteiger partial charge in [-0.15, -0.1) is 0 Å². The molecule has 1 saturated carbocycles. The number of rotatable bonds is 0. The third kappa shape index (κ3) is 1.51. The van der Waals surface area contributed by atoms with Crippen molar-refractivity contribution >= 4 is 5.69 Å². The molecule has 1 aromatic rings. The predicted octanol–water partition coefficient (Wildman–Crippen LogP) is 4.06. The summed E-state index contributed by atoms with van der Waals surface area (Å²) in [5.41, 5.74) is 2.61. The van der Waals surface area contributed by atoms with Crippen molar-refractivity contribution in [2.45, 2.75) is 50.5 Å². The first-order valence-electron chi connectivity index (χ1n) is 6.26. The van der Waals surface area contributed by atoms with E-state index in [4.69, 9.17) is 0 Å². The summed E-state index contributed by atoms with van der Waals surface area (Å²) in [5, 5.41) is 3.66. The highest BCUT2D eigenvalue weighted by Gasteiger charge is 2.39. The molecule has 1 nitrogen and oxygen atoms in total. The van der Waals surface area contributed by atoms with E-state index in [9.17, 15) is 4.39 Å². The normalized spacial score (nSPS) is 26.5. The van der Waals surface area contributed by atoms with Crippen LogP contribution >= 0.6 is 0 Å². The highest BCUT2D eigenvalue weighted by molar-refractivity contribution is 5.57. The van der Waals surface area contributed by atoms with Crippen molar-refractivity contribution in [1.29, 1.82) is 0 Å². The van der Waals surface area contributed by atoms with Crippen LogP contribution in [0.2, 0.25) is 0 Å². The van der Waals surface area contributed by atoms with E-state index in [1.165, 1.54) is 25.7 Å². The van der Waals surface area contributed by atoms with Crippen molar-refractivity contribution in [3.05, 3.63) is 29.6 Å². The molecule has 0 aromatic heterocycles. The zero-order valence-electron chi connectivity index (χ0n) is 9.72. The first-order chi connectivity index (χ1) is 7.69. The van der Waals surface area contributed by atoms with Crippen LogP contribution in [0.25, 0.3) is 0 Å². The monoisotopic (exact) mass is 219 g/mol. The molecule has 1 spiro atoms. The van der Waals surface area contributed by atoms with Crippen molar-refractivity contribution in [2.24, 2.45) is 0 Å². The summed E-state index contributed by atoms with van der Waals surface area (Å²) < 4.78 is 13.2. The zero-order valence-corrected chi connectivity index (χ0v) is 9.72. The highest BCUT2D eigenvalue weighted by atomic mass is 19.1. The van der Waals surface area contributed by atoms with E-state index in [0.29, 0.717) is 11.5 Å². The van der Waals surface area contributed by atoms with Gasteiger partial charge in [0.15, 0.2) is 0 Å². The van der Waals surface area contributed by atoms with Gasteiger partial charge >= 0.3 is 0 Å². The molecule has 16 heavy (non-hydrogen) atoms. The molecule has 1 heterocycles. The van der Waals surface area contributed by atoms with Crippen molar-refractivity contribution in [1.82, 2.24) is 0 Å². The van der Waals surface area contributed by atoms with Crippen LogP contribution in [0.4, 0.5) is 10.1 Å². The van der Waals surface area contributed by atoms with Gasteiger partial charge in [-0.2, -0.15) is 0 Å². The van der Waals surface area contributed by atoms with Crippen LogP contribution in [-0.4, -0.2) is 5.54 Å². The second-order valence-corrected chi connectivity index (χ2v) is 5.45. The molecule has 3 rings (SSSR count). The van der Waals surface area contributed by atoms with Gasteiger partial charge in [-0.1, -0.05) is 19.8 Å². The molecule has 2 aliphatic rings. The van der Waals surface area contributed by atoms with Crippen molar-refractivity contribution in [3.8, 4) is 0 Å². The first kappa shape index (κ1) is 10.1. The van der Waals surface area contributed by atoms with Gasteiger partial charge < -0.3 is 5.32 Å². The van der Waals surface area contributed by atoms with E-state index < -0.39 is 0 Å². The van der Waals surface area contributed by atoms with Gasteiger partial charge in [0.1, 0.15) is 5.82 Å². The van der Waals surface area contributed by atoms with E-state index >= 15 is 0 Å². The number of fused-ring (bicyclic) bond motifs is 1. The van der Waals surface area contributed by atoms with Crippen LogP contribution in [0, 0.1) is 5.82 Å². The van der Waals surface area contributed by atoms with Crippen LogP contribution in [0.15, 0.2) is 18.2 Å². The molecule has 1 aromatic carbocycles. The molecule has 1 fully saturated rings. The Labute approximate surface area is 96.1 Å². The Kier molecular flexibility index (Phi) is 2.20. The van der Waals surface area contributed by atoms with Gasteiger partial charge in [0, 0.05) is 11.2 Å². The Balaban J connectivity index is 1.99. The average molecular weight is 219 g/mol. The SMILES string of the molecule is C[C@H]1CC2(CCCC2)Nc2ccc(F)cc21. The number of hydrogen-bond donors (Lipinski definition) is 1. The fourth-order valence-electron chi connectivity index (χ4n) is 3.47. The summed E-state index contributed by atoms with van der Waals surface area (Å²) in [7, 11) is 0. The van der Waals surface area contributed by atoms with Gasteiger partial charge in [-0.25, -0.2) is 4.39 Å². The number of benzene rings is 1. The van der Waals surface area contributed by atoms with E-state index in [1.54, 1.807) is 12.1 Å². The molecule has 0 amide bonds. The number of anilines is 1. The summed E-state index contributed by atoms with van der Waals surface area (Å²) in [6, 6.07) is 5.15. The largest absolute Gasteiger partial charge is 0.379 e. The third-order valence-corrected chi connectivity index (χ3v) is 4.20. The van der Waals surface area contributed by atoms with E-state index in [-0.39, 0.29) is 5.82 Å². The topological polar surface area (TPSA) is 12.0 Å². The first-order valence-corrected chi connectivity index (χ1v) is 6.26. The lowest BCUT2D eigenvalue weighted by Crippen LogP contribution is -2.40. The number of halogens is 1. The van der Waals surface area contributed by atoms with Gasteiger partial charge in [0.2, 0.25) is 0 Å². The maximum atomic E-state index is 13.2. The minimum Gasteiger partial charge on any atom is -0.379 e. The molecule has 1 atom stereocenters.